The first-order chi connectivity index (χ1) is 7.27. The van der Waals surface area contributed by atoms with Gasteiger partial charge in [0.25, 0.3) is 0 Å². The Morgan fingerprint density at radius 3 is 1.60 bits per heavy atom. The van der Waals surface area contributed by atoms with E-state index in [-0.39, 0.29) is 0 Å². The van der Waals surface area contributed by atoms with E-state index in [0.29, 0.717) is 0 Å². The van der Waals surface area contributed by atoms with Crippen molar-refractivity contribution in [2.75, 3.05) is 0 Å². The summed E-state index contributed by atoms with van der Waals surface area (Å²) in [5.74, 6) is 0. The molecular weight excluding hydrogens is 248 g/mol. The van der Waals surface area contributed by atoms with Gasteiger partial charge in [-0.2, -0.15) is 0 Å². The second-order valence-corrected chi connectivity index (χ2v) is 7.05. The maximum absolute atomic E-state index is 5.09. The van der Waals surface area contributed by atoms with Crippen LogP contribution in [-0.2, 0) is 0 Å². The van der Waals surface area contributed by atoms with Crippen molar-refractivity contribution in [1.29, 1.82) is 0 Å². The van der Waals surface area contributed by atoms with Gasteiger partial charge in [-0.15, -0.1) is 0 Å². The van der Waals surface area contributed by atoms with Crippen LogP contribution in [0.3, 0.4) is 0 Å². The first kappa shape index (κ1) is 11.1. The summed E-state index contributed by atoms with van der Waals surface area (Å²) < 4.78 is 10.2. The van der Waals surface area contributed by atoms with E-state index in [1.54, 1.807) is 56.5 Å². The van der Waals surface area contributed by atoms with Crippen molar-refractivity contribution in [2.24, 2.45) is 0 Å². The molecule has 2 nitrogen and oxygen atoms in total. The fourth-order valence-corrected chi connectivity index (χ4v) is 4.88. The fraction of sp³-hybridized carbons (Fsp3) is 0.200. The van der Waals surface area contributed by atoms with Gasteiger partial charge in [0.15, 0.2) is 0 Å². The highest BCUT2D eigenvalue weighted by molar-refractivity contribution is 9.09. The van der Waals surface area contributed by atoms with Gasteiger partial charge in [0.1, 0.15) is 12.5 Å². The van der Waals surface area contributed by atoms with Crippen molar-refractivity contribution < 1.29 is 8.83 Å². The van der Waals surface area contributed by atoms with E-state index < -0.39 is 0 Å². The Kier molecular flexibility index (Phi) is 3.77. The van der Waals surface area contributed by atoms with E-state index in [2.05, 4.69) is 0 Å². The molecule has 0 saturated carbocycles. The van der Waals surface area contributed by atoms with Crippen molar-refractivity contribution in [3.63, 3.8) is 0 Å². The van der Waals surface area contributed by atoms with Crippen LogP contribution in [0.2, 0.25) is 0 Å². The second-order valence-electron chi connectivity index (χ2n) is 3.07. The molecular formula is C10H10O2S3. The molecule has 2 aromatic rings. The molecule has 0 aliphatic carbocycles. The molecule has 80 valence electrons. The zero-order valence-electron chi connectivity index (χ0n) is 8.35. The molecule has 0 aromatic carbocycles. The first-order valence-electron chi connectivity index (χ1n) is 4.34. The highest BCUT2D eigenvalue weighted by Crippen LogP contribution is 2.46. The standard InChI is InChI=1S/C10H10O2S3/c1-7-3-11-5-9(7)13-15-14-10-6-12-4-8(10)2/h3-6H,1-2H3. The summed E-state index contributed by atoms with van der Waals surface area (Å²) in [4.78, 5) is 2.35. The number of rotatable bonds is 4. The average molecular weight is 258 g/mol. The van der Waals surface area contributed by atoms with Gasteiger partial charge in [0.05, 0.1) is 22.3 Å². The van der Waals surface area contributed by atoms with E-state index >= 15 is 0 Å². The van der Waals surface area contributed by atoms with Crippen molar-refractivity contribution in [2.45, 2.75) is 23.6 Å². The smallest absolute Gasteiger partial charge is 0.105 e. The van der Waals surface area contributed by atoms with E-state index in [1.165, 1.54) is 20.9 Å². The van der Waals surface area contributed by atoms with Crippen molar-refractivity contribution in [3.05, 3.63) is 36.2 Å². The van der Waals surface area contributed by atoms with Gasteiger partial charge in [-0.1, -0.05) is 0 Å². The predicted octanol–water partition coefficient (Wildman–Crippen LogP) is 4.94. The quantitative estimate of drug-likeness (QED) is 0.724. The molecule has 0 saturated heterocycles. The Hall–Kier alpha value is -0.390. The summed E-state index contributed by atoms with van der Waals surface area (Å²) in [6, 6.07) is 0. The Morgan fingerprint density at radius 1 is 0.800 bits per heavy atom. The van der Waals surface area contributed by atoms with Crippen LogP contribution in [0.25, 0.3) is 0 Å². The topological polar surface area (TPSA) is 26.3 Å². The van der Waals surface area contributed by atoms with E-state index in [1.807, 2.05) is 13.8 Å². The van der Waals surface area contributed by atoms with E-state index in [4.69, 9.17) is 8.83 Å². The van der Waals surface area contributed by atoms with Crippen molar-refractivity contribution in [3.8, 4) is 0 Å². The molecule has 0 spiro atoms. The molecule has 0 N–H and O–H groups in total. The molecule has 2 aromatic heterocycles. The minimum Gasteiger partial charge on any atom is -0.471 e. The van der Waals surface area contributed by atoms with Crippen LogP contribution < -0.4 is 0 Å². The predicted molar refractivity (Wildman–Crippen MR) is 66.2 cm³/mol. The van der Waals surface area contributed by atoms with Crippen LogP contribution in [0.15, 0.2) is 43.7 Å². The molecule has 0 amide bonds. The van der Waals surface area contributed by atoms with Crippen LogP contribution in [-0.4, -0.2) is 0 Å². The van der Waals surface area contributed by atoms with Crippen LogP contribution in [0.5, 0.6) is 0 Å². The van der Waals surface area contributed by atoms with Crippen LogP contribution in [0, 0.1) is 13.8 Å². The molecule has 2 rings (SSSR count). The van der Waals surface area contributed by atoms with Gasteiger partial charge in [0.2, 0.25) is 0 Å². The van der Waals surface area contributed by atoms with Crippen molar-refractivity contribution in [1.82, 2.24) is 0 Å². The lowest BCUT2D eigenvalue weighted by molar-refractivity contribution is 0.560. The Bertz CT molecular complexity index is 393. The van der Waals surface area contributed by atoms with Crippen LogP contribution in [0.1, 0.15) is 11.1 Å². The van der Waals surface area contributed by atoms with E-state index in [9.17, 15) is 0 Å². The van der Waals surface area contributed by atoms with Gasteiger partial charge in [-0.05, 0) is 45.3 Å². The number of aryl methyl sites for hydroxylation is 2. The van der Waals surface area contributed by atoms with Crippen LogP contribution >= 0.6 is 31.4 Å². The molecule has 15 heavy (non-hydrogen) atoms. The number of hydrogen-bond acceptors (Lipinski definition) is 5. The highest BCUT2D eigenvalue weighted by Gasteiger charge is 2.05. The van der Waals surface area contributed by atoms with Gasteiger partial charge >= 0.3 is 0 Å². The first-order valence-corrected chi connectivity index (χ1v) is 7.82. The SMILES string of the molecule is Cc1cocc1SSSc1cocc1C. The molecule has 0 aliphatic rings. The number of hydrogen-bond donors (Lipinski definition) is 0. The van der Waals surface area contributed by atoms with E-state index in [0.717, 1.165) is 0 Å². The molecule has 0 radical (unpaired) electrons. The average Bonchev–Trinajstić information content (AvgIpc) is 2.78. The monoisotopic (exact) mass is 258 g/mol. The Balaban J connectivity index is 1.86. The Labute approximate surface area is 100.0 Å². The Morgan fingerprint density at radius 2 is 1.27 bits per heavy atom. The van der Waals surface area contributed by atoms with Gasteiger partial charge in [-0.25, -0.2) is 0 Å². The molecule has 0 fully saturated rings. The lowest BCUT2D eigenvalue weighted by atomic mass is 10.4. The summed E-state index contributed by atoms with van der Waals surface area (Å²) in [7, 11) is 5.12. The second kappa shape index (κ2) is 5.09. The molecule has 2 heterocycles. The third-order valence-corrected chi connectivity index (χ3v) is 5.91. The maximum atomic E-state index is 5.09. The molecule has 0 atom stereocenters. The minimum absolute atomic E-state index is 1.17. The third kappa shape index (κ3) is 2.80. The third-order valence-electron chi connectivity index (χ3n) is 1.86. The molecule has 0 unspecified atom stereocenters. The zero-order chi connectivity index (χ0) is 10.7. The molecule has 5 heteroatoms. The highest BCUT2D eigenvalue weighted by atomic mass is 33.5. The van der Waals surface area contributed by atoms with Crippen LogP contribution in [0.4, 0.5) is 0 Å². The molecule has 0 aliphatic heterocycles. The molecule has 0 bridgehead atoms. The summed E-state index contributed by atoms with van der Waals surface area (Å²) in [6.07, 6.45) is 7.07. The van der Waals surface area contributed by atoms with Crippen molar-refractivity contribution >= 4 is 31.4 Å². The maximum Gasteiger partial charge on any atom is 0.105 e. The van der Waals surface area contributed by atoms with Gasteiger partial charge in [0, 0.05) is 11.1 Å². The summed E-state index contributed by atoms with van der Waals surface area (Å²) >= 11 is 0. The summed E-state index contributed by atoms with van der Waals surface area (Å²) in [5.41, 5.74) is 2.36. The zero-order valence-corrected chi connectivity index (χ0v) is 10.8. The fourth-order valence-electron chi connectivity index (χ4n) is 0.959. The lowest BCUT2D eigenvalue weighted by Gasteiger charge is -1.97. The largest absolute Gasteiger partial charge is 0.471 e. The van der Waals surface area contributed by atoms with Gasteiger partial charge < -0.3 is 8.83 Å². The lowest BCUT2D eigenvalue weighted by Crippen LogP contribution is -1.66. The summed E-state index contributed by atoms with van der Waals surface area (Å²) in [5, 5.41) is 0. The minimum atomic E-state index is 1.17. The normalized spacial score (nSPS) is 10.8. The van der Waals surface area contributed by atoms with Gasteiger partial charge in [-0.3, -0.25) is 0 Å². The number of furan rings is 2. The summed E-state index contributed by atoms with van der Waals surface area (Å²) in [6.45, 7) is 4.08.